The number of carbonyl (C=O) groups excluding carboxylic acids is 1. The molecule has 5 aromatic rings. The molecule has 0 unspecified atom stereocenters. The Hall–Kier alpha value is -4.58. The second-order valence-corrected chi connectivity index (χ2v) is 8.74. The monoisotopic (exact) mass is 524 g/mol. The van der Waals surface area contributed by atoms with Gasteiger partial charge in [-0.25, -0.2) is 9.97 Å². The quantitative estimate of drug-likeness (QED) is 0.233. The molecule has 3 aromatic heterocycles. The highest BCUT2D eigenvalue weighted by molar-refractivity contribution is 7.14. The van der Waals surface area contributed by atoms with E-state index in [0.29, 0.717) is 33.5 Å². The van der Waals surface area contributed by atoms with Crippen LogP contribution in [0.3, 0.4) is 0 Å². The third-order valence-corrected chi connectivity index (χ3v) is 6.21. The predicted molar refractivity (Wildman–Crippen MR) is 136 cm³/mol. The lowest BCUT2D eigenvalue weighted by Gasteiger charge is -2.09. The van der Waals surface area contributed by atoms with Crippen molar-refractivity contribution in [1.82, 2.24) is 14.4 Å². The molecule has 8 nitrogen and oxygen atoms in total. The summed E-state index contributed by atoms with van der Waals surface area (Å²) >= 11 is 1.14. The Morgan fingerprint density at radius 3 is 2.54 bits per heavy atom. The maximum atomic E-state index is 13.8. The van der Waals surface area contributed by atoms with E-state index < -0.39 is 11.9 Å². The van der Waals surface area contributed by atoms with Crippen molar-refractivity contribution in [3.05, 3.63) is 83.5 Å². The summed E-state index contributed by atoms with van der Waals surface area (Å²) in [4.78, 5) is 20.7. The first-order chi connectivity index (χ1) is 17.7. The number of nitrogens with two attached hydrogens (primary N) is 1. The fourth-order valence-electron chi connectivity index (χ4n) is 3.67. The molecule has 0 bridgehead atoms. The number of methoxy groups -OCH3 is 1. The van der Waals surface area contributed by atoms with Crippen LogP contribution in [0.2, 0.25) is 0 Å². The average Bonchev–Trinajstić information content (AvgIpc) is 3.49. The maximum Gasteiger partial charge on any atom is 0.435 e. The van der Waals surface area contributed by atoms with Crippen molar-refractivity contribution in [3.63, 3.8) is 0 Å². The molecule has 0 fully saturated rings. The molecule has 3 heterocycles. The molecular weight excluding hydrogens is 505 g/mol. The van der Waals surface area contributed by atoms with Crippen LogP contribution in [0.4, 0.5) is 35.4 Å². The highest BCUT2D eigenvalue weighted by atomic mass is 32.1. The van der Waals surface area contributed by atoms with Crippen LogP contribution < -0.4 is 21.1 Å². The molecule has 0 aliphatic rings. The molecule has 0 saturated carbocycles. The number of thiazole rings is 1. The number of pyridine rings is 1. The molecule has 1 amide bonds. The maximum absolute atomic E-state index is 13.8. The number of imidazole rings is 1. The summed E-state index contributed by atoms with van der Waals surface area (Å²) < 4.78 is 47.8. The standard InChI is InChI=1S/C25H19F3N6O2S/c1-36-16-10-11-34-20(12-16)33-22(25(26,27)28)21(34)19-13-37-24(32-19)30-15-8-6-14(7-9-15)23(35)31-18-5-3-2-4-17(18)29/h2-13H,29H2,1H3,(H,30,32)(H,31,35). The number of nitrogens with one attached hydrogen (secondary N) is 2. The summed E-state index contributed by atoms with van der Waals surface area (Å²) in [5, 5.41) is 7.71. The Bertz CT molecular complexity index is 1590. The van der Waals surface area contributed by atoms with Gasteiger partial charge in [-0.05, 0) is 42.5 Å². The number of anilines is 4. The molecule has 5 rings (SSSR count). The van der Waals surface area contributed by atoms with Crippen molar-refractivity contribution in [3.8, 4) is 17.1 Å². The zero-order chi connectivity index (χ0) is 26.2. The van der Waals surface area contributed by atoms with E-state index >= 15 is 0 Å². The van der Waals surface area contributed by atoms with Gasteiger partial charge in [-0.3, -0.25) is 9.20 Å². The summed E-state index contributed by atoms with van der Waals surface area (Å²) in [6.07, 6.45) is -3.21. The smallest absolute Gasteiger partial charge is 0.435 e. The summed E-state index contributed by atoms with van der Waals surface area (Å²) in [5.41, 5.74) is 6.85. The van der Waals surface area contributed by atoms with Gasteiger partial charge >= 0.3 is 6.18 Å². The minimum absolute atomic E-state index is 0.0929. The molecule has 188 valence electrons. The predicted octanol–water partition coefficient (Wildman–Crippen LogP) is 6.06. The van der Waals surface area contributed by atoms with Crippen molar-refractivity contribution in [2.24, 2.45) is 0 Å². The van der Waals surface area contributed by atoms with Gasteiger partial charge in [0.25, 0.3) is 5.91 Å². The van der Waals surface area contributed by atoms with Gasteiger partial charge in [-0.15, -0.1) is 11.3 Å². The van der Waals surface area contributed by atoms with Crippen molar-refractivity contribution in [2.75, 3.05) is 23.5 Å². The number of carbonyl (C=O) groups is 1. The number of para-hydroxylation sites is 2. The van der Waals surface area contributed by atoms with Crippen LogP contribution in [-0.2, 0) is 6.18 Å². The number of halogens is 3. The van der Waals surface area contributed by atoms with Crippen LogP contribution >= 0.6 is 11.3 Å². The Morgan fingerprint density at radius 2 is 1.84 bits per heavy atom. The Balaban J connectivity index is 1.37. The van der Waals surface area contributed by atoms with Gasteiger partial charge in [0, 0.05) is 28.9 Å². The fraction of sp³-hybridized carbons (Fsp3) is 0.0800. The second-order valence-electron chi connectivity index (χ2n) is 7.88. The Kier molecular flexibility index (Phi) is 6.17. The number of nitrogens with zero attached hydrogens (tertiary/aromatic N) is 3. The Morgan fingerprint density at radius 1 is 1.08 bits per heavy atom. The van der Waals surface area contributed by atoms with E-state index in [9.17, 15) is 18.0 Å². The number of benzene rings is 2. The van der Waals surface area contributed by atoms with E-state index in [1.807, 2.05) is 0 Å². The van der Waals surface area contributed by atoms with E-state index in [2.05, 4.69) is 20.6 Å². The first kappa shape index (κ1) is 24.1. The fourth-order valence-corrected chi connectivity index (χ4v) is 4.38. The van der Waals surface area contributed by atoms with E-state index in [0.717, 1.165) is 11.3 Å². The van der Waals surface area contributed by atoms with E-state index in [4.69, 9.17) is 10.5 Å². The van der Waals surface area contributed by atoms with Crippen molar-refractivity contribution in [2.45, 2.75) is 6.18 Å². The first-order valence-electron chi connectivity index (χ1n) is 10.8. The zero-order valence-electron chi connectivity index (χ0n) is 19.2. The average molecular weight is 525 g/mol. The van der Waals surface area contributed by atoms with Crippen LogP contribution in [0, 0.1) is 0 Å². The number of hydrogen-bond acceptors (Lipinski definition) is 7. The molecule has 2 aromatic carbocycles. The molecule has 4 N–H and O–H groups in total. The third kappa shape index (κ3) is 4.91. The van der Waals surface area contributed by atoms with Gasteiger partial charge in [-0.1, -0.05) is 12.1 Å². The van der Waals surface area contributed by atoms with Gasteiger partial charge in [0.2, 0.25) is 0 Å². The molecular formula is C25H19F3N6O2S. The van der Waals surface area contributed by atoms with Crippen molar-refractivity contribution >= 4 is 45.1 Å². The number of fused-ring (bicyclic) bond motifs is 1. The lowest BCUT2D eigenvalue weighted by Crippen LogP contribution is -2.13. The summed E-state index contributed by atoms with van der Waals surface area (Å²) in [5.74, 6) is 0.0627. The Labute approximate surface area is 212 Å². The van der Waals surface area contributed by atoms with E-state index in [-0.39, 0.29) is 22.9 Å². The van der Waals surface area contributed by atoms with Gasteiger partial charge in [-0.2, -0.15) is 13.2 Å². The third-order valence-electron chi connectivity index (χ3n) is 5.46. The molecule has 0 atom stereocenters. The molecule has 12 heteroatoms. The van der Waals surface area contributed by atoms with Crippen LogP contribution in [0.5, 0.6) is 5.75 Å². The van der Waals surface area contributed by atoms with Crippen LogP contribution in [0.15, 0.2) is 72.2 Å². The number of amides is 1. The van der Waals surface area contributed by atoms with Gasteiger partial charge in [0.05, 0.1) is 18.5 Å². The lowest BCUT2D eigenvalue weighted by atomic mass is 10.2. The minimum Gasteiger partial charge on any atom is -0.497 e. The largest absolute Gasteiger partial charge is 0.497 e. The number of alkyl halides is 3. The molecule has 0 saturated heterocycles. The van der Waals surface area contributed by atoms with E-state index in [1.165, 1.54) is 29.2 Å². The highest BCUT2D eigenvalue weighted by Crippen LogP contribution is 2.39. The van der Waals surface area contributed by atoms with Gasteiger partial charge in [0.1, 0.15) is 22.8 Å². The zero-order valence-corrected chi connectivity index (χ0v) is 20.0. The number of nitrogen functional groups attached to an aromatic ring is 1. The molecule has 0 aliphatic carbocycles. The summed E-state index contributed by atoms with van der Waals surface area (Å²) in [6.45, 7) is 0. The van der Waals surface area contributed by atoms with Gasteiger partial charge in [0.15, 0.2) is 10.8 Å². The molecule has 0 aliphatic heterocycles. The van der Waals surface area contributed by atoms with Crippen molar-refractivity contribution in [1.29, 1.82) is 0 Å². The van der Waals surface area contributed by atoms with Gasteiger partial charge < -0.3 is 21.1 Å². The van der Waals surface area contributed by atoms with Crippen LogP contribution in [0.25, 0.3) is 17.0 Å². The second kappa shape index (κ2) is 9.47. The number of aromatic nitrogens is 3. The van der Waals surface area contributed by atoms with Crippen molar-refractivity contribution < 1.29 is 22.7 Å². The first-order valence-corrected chi connectivity index (χ1v) is 11.7. The number of ether oxygens (including phenoxy) is 1. The van der Waals surface area contributed by atoms with E-state index in [1.54, 1.807) is 54.6 Å². The SMILES string of the molecule is COc1ccn2c(-c3csc(Nc4ccc(C(=O)Nc5ccccc5N)cc4)n3)c(C(F)(F)F)nc2c1. The molecule has 37 heavy (non-hydrogen) atoms. The van der Waals surface area contributed by atoms with Crippen LogP contribution in [0.1, 0.15) is 16.1 Å². The summed E-state index contributed by atoms with van der Waals surface area (Å²) in [6, 6.07) is 16.5. The highest BCUT2D eigenvalue weighted by Gasteiger charge is 2.39. The molecule has 0 spiro atoms. The van der Waals surface area contributed by atoms with Crippen LogP contribution in [-0.4, -0.2) is 27.4 Å². The minimum atomic E-state index is -4.67. The molecule has 0 radical (unpaired) electrons. The number of rotatable bonds is 6. The lowest BCUT2D eigenvalue weighted by molar-refractivity contribution is -0.140. The topological polar surface area (TPSA) is 107 Å². The number of hydrogen-bond donors (Lipinski definition) is 3. The normalized spacial score (nSPS) is 11.5. The summed E-state index contributed by atoms with van der Waals surface area (Å²) in [7, 11) is 1.43.